The van der Waals surface area contributed by atoms with Crippen molar-refractivity contribution in [1.82, 2.24) is 0 Å². The van der Waals surface area contributed by atoms with E-state index in [2.05, 4.69) is 5.32 Å². The predicted molar refractivity (Wildman–Crippen MR) is 86.4 cm³/mol. The molecule has 1 aromatic carbocycles. The molecule has 0 spiro atoms. The highest BCUT2D eigenvalue weighted by Gasteiger charge is 2.21. The lowest BCUT2D eigenvalue weighted by atomic mass is 9.93. The van der Waals surface area contributed by atoms with Gasteiger partial charge in [0.25, 0.3) is 0 Å². The van der Waals surface area contributed by atoms with Gasteiger partial charge in [-0.05, 0) is 38.0 Å². The Labute approximate surface area is 131 Å². The first-order valence-corrected chi connectivity index (χ1v) is 7.61. The summed E-state index contributed by atoms with van der Waals surface area (Å²) in [5, 5.41) is 11.9. The average Bonchev–Trinajstić information content (AvgIpc) is 2.46. The summed E-state index contributed by atoms with van der Waals surface area (Å²) in [7, 11) is 0. The number of rotatable bonds is 7. The first-order valence-electron chi connectivity index (χ1n) is 7.61. The first kappa shape index (κ1) is 18.0. The lowest BCUT2D eigenvalue weighted by Crippen LogP contribution is -2.26. The highest BCUT2D eigenvalue weighted by atomic mass is 16.5. The molecule has 2 atom stereocenters. The molecule has 2 N–H and O–H groups in total. The Morgan fingerprint density at radius 1 is 1.23 bits per heavy atom. The number of carboxylic acids is 1. The smallest absolute Gasteiger partial charge is 0.335 e. The standard InChI is InChI=1S/C17H25NO4/c1-6-11(4)12(5)16(19)18-14-9-13(17(20)21)7-8-15(14)22-10(2)3/h7-12H,6H2,1-5H3,(H,18,19)(H,20,21). The van der Waals surface area contributed by atoms with Gasteiger partial charge in [-0.25, -0.2) is 4.79 Å². The van der Waals surface area contributed by atoms with Gasteiger partial charge < -0.3 is 15.2 Å². The Morgan fingerprint density at radius 3 is 2.36 bits per heavy atom. The minimum absolute atomic E-state index is 0.0710. The summed E-state index contributed by atoms with van der Waals surface area (Å²) < 4.78 is 5.64. The molecule has 0 saturated heterocycles. The summed E-state index contributed by atoms with van der Waals surface area (Å²) in [4.78, 5) is 23.4. The van der Waals surface area contributed by atoms with E-state index in [1.54, 1.807) is 6.07 Å². The zero-order valence-electron chi connectivity index (χ0n) is 13.8. The average molecular weight is 307 g/mol. The number of amides is 1. The number of benzene rings is 1. The molecule has 0 radical (unpaired) electrons. The molecule has 0 aliphatic heterocycles. The quantitative estimate of drug-likeness (QED) is 0.803. The van der Waals surface area contributed by atoms with Crippen LogP contribution in [-0.2, 0) is 4.79 Å². The minimum atomic E-state index is -1.04. The van der Waals surface area contributed by atoms with E-state index >= 15 is 0 Å². The predicted octanol–water partition coefficient (Wildman–Crippen LogP) is 3.79. The van der Waals surface area contributed by atoms with Gasteiger partial charge in [-0.2, -0.15) is 0 Å². The Balaban J connectivity index is 3.05. The molecule has 2 unspecified atom stereocenters. The van der Waals surface area contributed by atoms with Crippen LogP contribution in [0.5, 0.6) is 5.75 Å². The van der Waals surface area contributed by atoms with Crippen molar-refractivity contribution in [2.45, 2.75) is 47.1 Å². The number of carbonyl (C=O) groups excluding carboxylic acids is 1. The fourth-order valence-electron chi connectivity index (χ4n) is 1.98. The van der Waals surface area contributed by atoms with Gasteiger partial charge in [-0.15, -0.1) is 0 Å². The molecule has 0 aliphatic rings. The molecule has 22 heavy (non-hydrogen) atoms. The molecule has 0 fully saturated rings. The van der Waals surface area contributed by atoms with Gasteiger partial charge >= 0.3 is 5.97 Å². The number of aromatic carboxylic acids is 1. The molecule has 1 aromatic rings. The monoisotopic (exact) mass is 307 g/mol. The Kier molecular flexibility index (Phi) is 6.40. The van der Waals surface area contributed by atoms with E-state index in [0.717, 1.165) is 6.42 Å². The van der Waals surface area contributed by atoms with Gasteiger partial charge in [0.15, 0.2) is 0 Å². The minimum Gasteiger partial charge on any atom is -0.489 e. The maximum Gasteiger partial charge on any atom is 0.335 e. The SMILES string of the molecule is CCC(C)C(C)C(=O)Nc1cc(C(=O)O)ccc1OC(C)C. The van der Waals surface area contributed by atoms with E-state index in [-0.39, 0.29) is 29.4 Å². The number of carboxylic acid groups (broad SMARTS) is 1. The van der Waals surface area contributed by atoms with Gasteiger partial charge in [-0.1, -0.05) is 27.2 Å². The van der Waals surface area contributed by atoms with Crippen LogP contribution < -0.4 is 10.1 Å². The van der Waals surface area contributed by atoms with Crippen molar-refractivity contribution >= 4 is 17.6 Å². The Bertz CT molecular complexity index is 539. The van der Waals surface area contributed by atoms with Crippen molar-refractivity contribution in [3.05, 3.63) is 23.8 Å². The van der Waals surface area contributed by atoms with E-state index in [0.29, 0.717) is 11.4 Å². The largest absolute Gasteiger partial charge is 0.489 e. The van der Waals surface area contributed by atoms with Crippen LogP contribution in [0.25, 0.3) is 0 Å². The lowest BCUT2D eigenvalue weighted by Gasteiger charge is -2.20. The van der Waals surface area contributed by atoms with Gasteiger partial charge in [0.1, 0.15) is 5.75 Å². The molecule has 122 valence electrons. The topological polar surface area (TPSA) is 75.6 Å². The van der Waals surface area contributed by atoms with Crippen LogP contribution in [-0.4, -0.2) is 23.1 Å². The summed E-state index contributed by atoms with van der Waals surface area (Å²) in [6.07, 6.45) is 0.831. The molecule has 0 aliphatic carbocycles. The zero-order chi connectivity index (χ0) is 16.9. The summed E-state index contributed by atoms with van der Waals surface area (Å²) >= 11 is 0. The molecule has 1 rings (SSSR count). The van der Waals surface area contributed by atoms with Crippen molar-refractivity contribution < 1.29 is 19.4 Å². The van der Waals surface area contributed by atoms with Crippen LogP contribution in [0, 0.1) is 11.8 Å². The van der Waals surface area contributed by atoms with E-state index < -0.39 is 5.97 Å². The maximum atomic E-state index is 12.3. The number of carbonyl (C=O) groups is 2. The maximum absolute atomic E-state index is 12.3. The van der Waals surface area contributed by atoms with E-state index in [9.17, 15) is 9.59 Å². The summed E-state index contributed by atoms with van der Waals surface area (Å²) in [5.74, 6) is -0.612. The number of ether oxygens (including phenoxy) is 1. The van der Waals surface area contributed by atoms with Gasteiger partial charge in [0, 0.05) is 5.92 Å². The molecule has 5 nitrogen and oxygen atoms in total. The molecule has 0 aromatic heterocycles. The number of hydrogen-bond donors (Lipinski definition) is 2. The van der Waals surface area contributed by atoms with Crippen LogP contribution in [0.15, 0.2) is 18.2 Å². The molecular formula is C17H25NO4. The molecular weight excluding hydrogens is 282 g/mol. The van der Waals surface area contributed by atoms with Crippen LogP contribution in [0.1, 0.15) is 51.4 Å². The molecule has 0 saturated carbocycles. The van der Waals surface area contributed by atoms with Crippen LogP contribution in [0.3, 0.4) is 0 Å². The van der Waals surface area contributed by atoms with Crippen molar-refractivity contribution in [2.24, 2.45) is 11.8 Å². The van der Waals surface area contributed by atoms with Crippen molar-refractivity contribution in [3.8, 4) is 5.75 Å². The summed E-state index contributed by atoms with van der Waals surface area (Å²) in [6, 6.07) is 4.47. The molecule has 0 bridgehead atoms. The van der Waals surface area contributed by atoms with E-state index in [1.165, 1.54) is 12.1 Å². The molecule has 1 amide bonds. The number of nitrogens with one attached hydrogen (secondary N) is 1. The fourth-order valence-corrected chi connectivity index (χ4v) is 1.98. The first-order chi connectivity index (χ1) is 10.3. The normalized spacial score (nSPS) is 13.5. The van der Waals surface area contributed by atoms with Crippen LogP contribution in [0.4, 0.5) is 5.69 Å². The van der Waals surface area contributed by atoms with E-state index in [1.807, 2.05) is 34.6 Å². The Morgan fingerprint density at radius 2 is 1.86 bits per heavy atom. The number of hydrogen-bond acceptors (Lipinski definition) is 3. The third-order valence-corrected chi connectivity index (χ3v) is 3.76. The summed E-state index contributed by atoms with van der Waals surface area (Å²) in [6.45, 7) is 9.67. The fraction of sp³-hybridized carbons (Fsp3) is 0.529. The van der Waals surface area contributed by atoms with Gasteiger partial charge in [-0.3, -0.25) is 4.79 Å². The van der Waals surface area contributed by atoms with Crippen LogP contribution >= 0.6 is 0 Å². The second-order valence-corrected chi connectivity index (χ2v) is 5.85. The number of anilines is 1. The zero-order valence-corrected chi connectivity index (χ0v) is 13.8. The van der Waals surface area contributed by atoms with Crippen molar-refractivity contribution in [3.63, 3.8) is 0 Å². The second kappa shape index (κ2) is 7.82. The third-order valence-electron chi connectivity index (χ3n) is 3.76. The Hall–Kier alpha value is -2.04. The molecule has 5 heteroatoms. The highest BCUT2D eigenvalue weighted by Crippen LogP contribution is 2.28. The van der Waals surface area contributed by atoms with Crippen LogP contribution in [0.2, 0.25) is 0 Å². The third kappa shape index (κ3) is 4.76. The van der Waals surface area contributed by atoms with Gasteiger partial charge in [0.05, 0.1) is 17.4 Å². The van der Waals surface area contributed by atoms with Crippen molar-refractivity contribution in [2.75, 3.05) is 5.32 Å². The van der Waals surface area contributed by atoms with E-state index in [4.69, 9.17) is 9.84 Å². The highest BCUT2D eigenvalue weighted by molar-refractivity contribution is 5.96. The van der Waals surface area contributed by atoms with Crippen molar-refractivity contribution in [1.29, 1.82) is 0 Å². The van der Waals surface area contributed by atoms with Gasteiger partial charge in [0.2, 0.25) is 5.91 Å². The second-order valence-electron chi connectivity index (χ2n) is 5.85. The molecule has 0 heterocycles. The lowest BCUT2D eigenvalue weighted by molar-refractivity contribution is -0.120. The summed E-state index contributed by atoms with van der Waals surface area (Å²) in [5.41, 5.74) is 0.511.